The van der Waals surface area contributed by atoms with Gasteiger partial charge in [-0.15, -0.1) is 0 Å². The molecule has 106 valence electrons. The quantitative estimate of drug-likeness (QED) is 0.664. The Balaban J connectivity index is 1.85. The topological polar surface area (TPSA) is 54.2 Å². The number of hydrogen-bond donors (Lipinski definition) is 2. The molecule has 2 rings (SSSR count). The number of aromatic nitrogens is 2. The van der Waals surface area contributed by atoms with Crippen LogP contribution in [0.5, 0.6) is 0 Å². The van der Waals surface area contributed by atoms with Crippen LogP contribution in [0.1, 0.15) is 11.3 Å². The van der Waals surface area contributed by atoms with E-state index in [1.165, 1.54) is 5.56 Å². The SMILES string of the molecule is CN=C(NCc1cccc(Br)c1)NCc1ccnn1C. The van der Waals surface area contributed by atoms with Crippen molar-refractivity contribution < 1.29 is 0 Å². The van der Waals surface area contributed by atoms with E-state index >= 15 is 0 Å². The van der Waals surface area contributed by atoms with E-state index in [-0.39, 0.29) is 0 Å². The third-order valence-corrected chi connectivity index (χ3v) is 3.43. The molecule has 0 fully saturated rings. The van der Waals surface area contributed by atoms with Crippen molar-refractivity contribution in [3.8, 4) is 0 Å². The lowest BCUT2D eigenvalue weighted by atomic mass is 10.2. The molecular weight excluding hydrogens is 318 g/mol. The number of aliphatic imine (C=N–C) groups is 1. The van der Waals surface area contributed by atoms with Gasteiger partial charge in [0.25, 0.3) is 0 Å². The first-order valence-electron chi connectivity index (χ1n) is 6.35. The number of rotatable bonds is 4. The number of guanidine groups is 1. The molecular formula is C14H18BrN5. The lowest BCUT2D eigenvalue weighted by molar-refractivity contribution is 0.684. The van der Waals surface area contributed by atoms with Crippen molar-refractivity contribution in [1.82, 2.24) is 20.4 Å². The zero-order chi connectivity index (χ0) is 14.4. The second kappa shape index (κ2) is 7.09. The molecule has 0 atom stereocenters. The van der Waals surface area contributed by atoms with E-state index in [0.29, 0.717) is 6.54 Å². The van der Waals surface area contributed by atoms with E-state index in [1.807, 2.05) is 29.9 Å². The van der Waals surface area contributed by atoms with Gasteiger partial charge >= 0.3 is 0 Å². The molecule has 2 aromatic rings. The number of hydrogen-bond acceptors (Lipinski definition) is 2. The highest BCUT2D eigenvalue weighted by Crippen LogP contribution is 2.11. The van der Waals surface area contributed by atoms with Crippen molar-refractivity contribution in [1.29, 1.82) is 0 Å². The molecule has 2 N–H and O–H groups in total. The number of benzene rings is 1. The monoisotopic (exact) mass is 335 g/mol. The lowest BCUT2D eigenvalue weighted by Crippen LogP contribution is -2.36. The molecule has 0 aliphatic carbocycles. The molecule has 0 amide bonds. The second-order valence-corrected chi connectivity index (χ2v) is 5.27. The van der Waals surface area contributed by atoms with Crippen molar-refractivity contribution in [2.45, 2.75) is 13.1 Å². The van der Waals surface area contributed by atoms with Crippen molar-refractivity contribution in [3.05, 3.63) is 52.3 Å². The van der Waals surface area contributed by atoms with E-state index in [4.69, 9.17) is 0 Å². The summed E-state index contributed by atoms with van der Waals surface area (Å²) < 4.78 is 2.92. The first kappa shape index (κ1) is 14.6. The molecule has 0 aliphatic rings. The summed E-state index contributed by atoms with van der Waals surface area (Å²) in [5, 5.41) is 10.7. The smallest absolute Gasteiger partial charge is 0.191 e. The average molecular weight is 336 g/mol. The molecule has 0 radical (unpaired) electrons. The maximum absolute atomic E-state index is 4.21. The van der Waals surface area contributed by atoms with Gasteiger partial charge in [0.15, 0.2) is 5.96 Å². The zero-order valence-corrected chi connectivity index (χ0v) is 13.2. The first-order chi connectivity index (χ1) is 9.69. The Labute approximate surface area is 127 Å². The van der Waals surface area contributed by atoms with Crippen LogP contribution in [0.2, 0.25) is 0 Å². The van der Waals surface area contributed by atoms with Crippen LogP contribution in [-0.2, 0) is 20.1 Å². The highest BCUT2D eigenvalue weighted by Gasteiger charge is 2.01. The van der Waals surface area contributed by atoms with E-state index in [0.717, 1.165) is 22.7 Å². The van der Waals surface area contributed by atoms with Gasteiger partial charge in [-0.25, -0.2) is 0 Å². The van der Waals surface area contributed by atoms with E-state index in [1.54, 1.807) is 13.2 Å². The van der Waals surface area contributed by atoms with E-state index in [2.05, 4.69) is 48.8 Å². The Morgan fingerprint density at radius 1 is 1.30 bits per heavy atom. The highest BCUT2D eigenvalue weighted by atomic mass is 79.9. The minimum absolute atomic E-state index is 0.689. The maximum Gasteiger partial charge on any atom is 0.191 e. The van der Waals surface area contributed by atoms with Gasteiger partial charge in [-0.05, 0) is 23.8 Å². The molecule has 0 unspecified atom stereocenters. The normalized spacial score (nSPS) is 11.4. The highest BCUT2D eigenvalue weighted by molar-refractivity contribution is 9.10. The minimum Gasteiger partial charge on any atom is -0.352 e. The molecule has 0 spiro atoms. The molecule has 0 bridgehead atoms. The Morgan fingerprint density at radius 3 is 2.75 bits per heavy atom. The Morgan fingerprint density at radius 2 is 2.10 bits per heavy atom. The first-order valence-corrected chi connectivity index (χ1v) is 7.14. The van der Waals surface area contributed by atoms with Crippen LogP contribution in [0.4, 0.5) is 0 Å². The van der Waals surface area contributed by atoms with Crippen molar-refractivity contribution >= 4 is 21.9 Å². The van der Waals surface area contributed by atoms with Crippen LogP contribution < -0.4 is 10.6 Å². The van der Waals surface area contributed by atoms with Crippen LogP contribution >= 0.6 is 15.9 Å². The Bertz CT molecular complexity index is 591. The minimum atomic E-state index is 0.689. The molecule has 0 saturated heterocycles. The van der Waals surface area contributed by atoms with E-state index < -0.39 is 0 Å². The number of halogens is 1. The standard InChI is InChI=1S/C14H18BrN5/c1-16-14(18-10-13-6-7-19-20(13)2)17-9-11-4-3-5-12(15)8-11/h3-8H,9-10H2,1-2H3,(H2,16,17,18). The van der Waals surface area contributed by atoms with Gasteiger partial charge in [0, 0.05) is 31.3 Å². The molecule has 1 aromatic carbocycles. The van der Waals surface area contributed by atoms with E-state index in [9.17, 15) is 0 Å². The summed E-state index contributed by atoms with van der Waals surface area (Å²) in [5.41, 5.74) is 2.30. The molecule has 1 aromatic heterocycles. The van der Waals surface area contributed by atoms with Crippen LogP contribution in [0.25, 0.3) is 0 Å². The Kier molecular flexibility index (Phi) is 5.17. The summed E-state index contributed by atoms with van der Waals surface area (Å²) in [4.78, 5) is 4.21. The molecule has 0 aliphatic heterocycles. The van der Waals surface area contributed by atoms with Crippen LogP contribution in [0.3, 0.4) is 0 Å². The number of aryl methyl sites for hydroxylation is 1. The maximum atomic E-state index is 4.21. The summed E-state index contributed by atoms with van der Waals surface area (Å²) in [5.74, 6) is 0.770. The summed E-state index contributed by atoms with van der Waals surface area (Å²) in [7, 11) is 3.69. The fourth-order valence-corrected chi connectivity index (χ4v) is 2.25. The average Bonchev–Trinajstić information content (AvgIpc) is 2.85. The van der Waals surface area contributed by atoms with Gasteiger partial charge in [0.2, 0.25) is 0 Å². The van der Waals surface area contributed by atoms with Gasteiger partial charge in [-0.3, -0.25) is 9.67 Å². The molecule has 6 heteroatoms. The van der Waals surface area contributed by atoms with Crippen LogP contribution in [-0.4, -0.2) is 22.8 Å². The van der Waals surface area contributed by atoms with Gasteiger partial charge in [0.1, 0.15) is 0 Å². The van der Waals surface area contributed by atoms with Crippen molar-refractivity contribution in [2.24, 2.45) is 12.0 Å². The predicted molar refractivity (Wildman–Crippen MR) is 84.4 cm³/mol. The van der Waals surface area contributed by atoms with Gasteiger partial charge in [-0.2, -0.15) is 5.10 Å². The predicted octanol–water partition coefficient (Wildman–Crippen LogP) is 2.05. The molecule has 1 heterocycles. The van der Waals surface area contributed by atoms with Gasteiger partial charge < -0.3 is 10.6 Å². The fourth-order valence-electron chi connectivity index (χ4n) is 1.80. The van der Waals surface area contributed by atoms with Crippen molar-refractivity contribution in [2.75, 3.05) is 7.05 Å². The lowest BCUT2D eigenvalue weighted by Gasteiger charge is -2.12. The third-order valence-electron chi connectivity index (χ3n) is 2.93. The summed E-state index contributed by atoms with van der Waals surface area (Å²) >= 11 is 3.47. The summed E-state index contributed by atoms with van der Waals surface area (Å²) in [6, 6.07) is 10.2. The Hall–Kier alpha value is -1.82. The van der Waals surface area contributed by atoms with Crippen LogP contribution in [0.15, 0.2) is 46.0 Å². The van der Waals surface area contributed by atoms with Gasteiger partial charge in [0.05, 0.1) is 12.2 Å². The molecule has 20 heavy (non-hydrogen) atoms. The summed E-state index contributed by atoms with van der Waals surface area (Å²) in [6.45, 7) is 1.42. The van der Waals surface area contributed by atoms with Crippen molar-refractivity contribution in [3.63, 3.8) is 0 Å². The third kappa shape index (κ3) is 4.09. The molecule has 5 nitrogen and oxygen atoms in total. The number of nitrogens with one attached hydrogen (secondary N) is 2. The zero-order valence-electron chi connectivity index (χ0n) is 11.6. The van der Waals surface area contributed by atoms with Gasteiger partial charge in [-0.1, -0.05) is 28.1 Å². The van der Waals surface area contributed by atoms with Crippen LogP contribution in [0, 0.1) is 0 Å². The second-order valence-electron chi connectivity index (χ2n) is 4.36. The molecule has 0 saturated carbocycles. The number of nitrogens with zero attached hydrogens (tertiary/aromatic N) is 3. The largest absolute Gasteiger partial charge is 0.352 e. The fraction of sp³-hybridized carbons (Fsp3) is 0.286. The summed E-state index contributed by atoms with van der Waals surface area (Å²) in [6.07, 6.45) is 1.79.